The molecule has 0 bridgehead atoms. The molecule has 1 fully saturated rings. The molecule has 2 rings (SSSR count). The number of aryl methyl sites for hydroxylation is 1. The summed E-state index contributed by atoms with van der Waals surface area (Å²) in [5, 5.41) is 0. The molecule has 0 aromatic heterocycles. The van der Waals surface area contributed by atoms with Crippen LogP contribution in [0, 0.1) is 6.92 Å². The molecular formula is C14H22N2. The van der Waals surface area contributed by atoms with Gasteiger partial charge >= 0.3 is 0 Å². The Morgan fingerprint density at radius 3 is 2.62 bits per heavy atom. The monoisotopic (exact) mass is 218 g/mol. The van der Waals surface area contributed by atoms with Crippen molar-refractivity contribution < 1.29 is 0 Å². The maximum Gasteiger partial charge on any atom is 0.0396 e. The summed E-state index contributed by atoms with van der Waals surface area (Å²) in [6.45, 7) is 4.25. The quantitative estimate of drug-likeness (QED) is 0.841. The van der Waals surface area contributed by atoms with Crippen LogP contribution in [0.5, 0.6) is 0 Å². The van der Waals surface area contributed by atoms with Crippen LogP contribution in [0.1, 0.15) is 30.9 Å². The number of hydrogen-bond acceptors (Lipinski definition) is 2. The predicted molar refractivity (Wildman–Crippen MR) is 70.0 cm³/mol. The Balaban J connectivity index is 2.15. The molecule has 2 heteroatoms. The zero-order valence-electron chi connectivity index (χ0n) is 10.5. The van der Waals surface area contributed by atoms with Gasteiger partial charge in [0.05, 0.1) is 0 Å². The fraction of sp³-hybridized carbons (Fsp3) is 0.571. The topological polar surface area (TPSA) is 29.3 Å². The number of benzene rings is 1. The van der Waals surface area contributed by atoms with E-state index in [0.29, 0.717) is 0 Å². The Morgan fingerprint density at radius 1 is 1.44 bits per heavy atom. The third-order valence-corrected chi connectivity index (χ3v) is 3.29. The number of nitrogens with two attached hydrogens (primary N) is 1. The standard InChI is InChI=1S/C14H22N2/c1-10-8-12(9-11(2)15)4-7-14(10)16(3)13-5-6-13/h4,7-8,11,13H,5-6,9,15H2,1-3H3. The number of hydrogen-bond donors (Lipinski definition) is 1. The minimum Gasteiger partial charge on any atom is -0.371 e. The van der Waals surface area contributed by atoms with Crippen molar-refractivity contribution >= 4 is 5.69 Å². The van der Waals surface area contributed by atoms with Gasteiger partial charge in [-0.2, -0.15) is 0 Å². The molecule has 1 unspecified atom stereocenters. The van der Waals surface area contributed by atoms with E-state index in [0.717, 1.165) is 12.5 Å². The number of rotatable bonds is 4. The minimum atomic E-state index is 0.242. The first-order chi connectivity index (χ1) is 7.58. The van der Waals surface area contributed by atoms with E-state index in [1.165, 1.54) is 29.7 Å². The molecule has 1 aliphatic carbocycles. The lowest BCUT2D eigenvalue weighted by Gasteiger charge is -2.21. The Morgan fingerprint density at radius 2 is 2.12 bits per heavy atom. The Kier molecular flexibility index (Phi) is 3.20. The van der Waals surface area contributed by atoms with Gasteiger partial charge in [0.15, 0.2) is 0 Å². The van der Waals surface area contributed by atoms with E-state index in [9.17, 15) is 0 Å². The highest BCUT2D eigenvalue weighted by molar-refractivity contribution is 5.55. The fourth-order valence-corrected chi connectivity index (χ4v) is 2.27. The van der Waals surface area contributed by atoms with Crippen LogP contribution < -0.4 is 10.6 Å². The molecule has 0 aliphatic heterocycles. The first-order valence-electron chi connectivity index (χ1n) is 6.16. The van der Waals surface area contributed by atoms with E-state index < -0.39 is 0 Å². The van der Waals surface area contributed by atoms with E-state index in [4.69, 9.17) is 5.73 Å². The van der Waals surface area contributed by atoms with Crippen LogP contribution in [-0.2, 0) is 6.42 Å². The minimum absolute atomic E-state index is 0.242. The summed E-state index contributed by atoms with van der Waals surface area (Å²) in [5.74, 6) is 0. The largest absolute Gasteiger partial charge is 0.371 e. The summed E-state index contributed by atoms with van der Waals surface area (Å²) < 4.78 is 0. The van der Waals surface area contributed by atoms with Crippen LogP contribution in [0.25, 0.3) is 0 Å². The fourth-order valence-electron chi connectivity index (χ4n) is 2.27. The molecule has 0 radical (unpaired) electrons. The Labute approximate surface area is 98.4 Å². The summed E-state index contributed by atoms with van der Waals surface area (Å²) in [6.07, 6.45) is 3.66. The van der Waals surface area contributed by atoms with Crippen molar-refractivity contribution in [2.75, 3.05) is 11.9 Å². The van der Waals surface area contributed by atoms with Crippen LogP contribution in [-0.4, -0.2) is 19.1 Å². The maximum atomic E-state index is 5.82. The van der Waals surface area contributed by atoms with Gasteiger partial charge in [0.2, 0.25) is 0 Å². The smallest absolute Gasteiger partial charge is 0.0396 e. The van der Waals surface area contributed by atoms with Crippen molar-refractivity contribution in [1.82, 2.24) is 0 Å². The highest BCUT2D eigenvalue weighted by Crippen LogP contribution is 2.32. The van der Waals surface area contributed by atoms with Gasteiger partial charge in [-0.3, -0.25) is 0 Å². The molecular weight excluding hydrogens is 196 g/mol. The van der Waals surface area contributed by atoms with Crippen molar-refractivity contribution in [3.05, 3.63) is 29.3 Å². The lowest BCUT2D eigenvalue weighted by molar-refractivity contribution is 0.737. The molecule has 0 heterocycles. The summed E-state index contributed by atoms with van der Waals surface area (Å²) in [5.41, 5.74) is 9.91. The van der Waals surface area contributed by atoms with E-state index in [2.05, 4.69) is 44.0 Å². The van der Waals surface area contributed by atoms with Crippen molar-refractivity contribution in [2.24, 2.45) is 5.73 Å². The van der Waals surface area contributed by atoms with Crippen LogP contribution >= 0.6 is 0 Å². The van der Waals surface area contributed by atoms with Crippen LogP contribution in [0.15, 0.2) is 18.2 Å². The number of anilines is 1. The second-order valence-corrected chi connectivity index (χ2v) is 5.14. The Hall–Kier alpha value is -1.02. The highest BCUT2D eigenvalue weighted by atomic mass is 15.2. The molecule has 1 aromatic rings. The average Bonchev–Trinajstić information content (AvgIpc) is 2.99. The second kappa shape index (κ2) is 4.46. The molecule has 1 aliphatic rings. The van der Waals surface area contributed by atoms with E-state index in [1.54, 1.807) is 0 Å². The van der Waals surface area contributed by atoms with E-state index >= 15 is 0 Å². The molecule has 0 amide bonds. The van der Waals surface area contributed by atoms with Gasteiger partial charge in [-0.25, -0.2) is 0 Å². The van der Waals surface area contributed by atoms with Gasteiger partial charge in [-0.1, -0.05) is 12.1 Å². The van der Waals surface area contributed by atoms with Crippen LogP contribution in [0.4, 0.5) is 5.69 Å². The van der Waals surface area contributed by atoms with Gasteiger partial charge in [0.25, 0.3) is 0 Å². The van der Waals surface area contributed by atoms with Crippen molar-refractivity contribution in [2.45, 2.75) is 45.2 Å². The summed E-state index contributed by atoms with van der Waals surface area (Å²) in [6, 6.07) is 7.75. The molecule has 0 saturated heterocycles. The molecule has 88 valence electrons. The van der Waals surface area contributed by atoms with Crippen LogP contribution in [0.3, 0.4) is 0 Å². The maximum absolute atomic E-state index is 5.82. The molecule has 1 atom stereocenters. The predicted octanol–water partition coefficient (Wildman–Crippen LogP) is 2.48. The van der Waals surface area contributed by atoms with Crippen molar-refractivity contribution in [1.29, 1.82) is 0 Å². The van der Waals surface area contributed by atoms with Gasteiger partial charge in [-0.15, -0.1) is 0 Å². The van der Waals surface area contributed by atoms with Gasteiger partial charge < -0.3 is 10.6 Å². The zero-order valence-corrected chi connectivity index (χ0v) is 10.5. The van der Waals surface area contributed by atoms with Gasteiger partial charge in [-0.05, 0) is 50.3 Å². The molecule has 1 saturated carbocycles. The first-order valence-corrected chi connectivity index (χ1v) is 6.16. The molecule has 0 spiro atoms. The van der Waals surface area contributed by atoms with E-state index in [1.807, 2.05) is 0 Å². The lowest BCUT2D eigenvalue weighted by atomic mass is 10.0. The van der Waals surface area contributed by atoms with Crippen molar-refractivity contribution in [3.63, 3.8) is 0 Å². The normalized spacial score (nSPS) is 17.2. The third kappa shape index (κ3) is 2.56. The van der Waals surface area contributed by atoms with Gasteiger partial charge in [0, 0.05) is 24.8 Å². The second-order valence-electron chi connectivity index (χ2n) is 5.14. The Bertz CT molecular complexity index is 367. The SMILES string of the molecule is Cc1cc(CC(C)N)ccc1N(C)C1CC1. The average molecular weight is 218 g/mol. The van der Waals surface area contributed by atoms with Crippen LogP contribution in [0.2, 0.25) is 0 Å². The summed E-state index contributed by atoms with van der Waals surface area (Å²) >= 11 is 0. The molecule has 2 N–H and O–H groups in total. The van der Waals surface area contributed by atoms with Gasteiger partial charge in [0.1, 0.15) is 0 Å². The van der Waals surface area contributed by atoms with E-state index in [-0.39, 0.29) is 6.04 Å². The molecule has 2 nitrogen and oxygen atoms in total. The molecule has 1 aromatic carbocycles. The zero-order chi connectivity index (χ0) is 11.7. The number of nitrogens with zero attached hydrogens (tertiary/aromatic N) is 1. The summed E-state index contributed by atoms with van der Waals surface area (Å²) in [7, 11) is 2.20. The third-order valence-electron chi connectivity index (χ3n) is 3.29. The summed E-state index contributed by atoms with van der Waals surface area (Å²) in [4.78, 5) is 2.41. The lowest BCUT2D eigenvalue weighted by Crippen LogP contribution is -2.21. The molecule has 16 heavy (non-hydrogen) atoms. The van der Waals surface area contributed by atoms with Crippen molar-refractivity contribution in [3.8, 4) is 0 Å². The highest BCUT2D eigenvalue weighted by Gasteiger charge is 2.27. The first kappa shape index (κ1) is 11.5.